The highest BCUT2D eigenvalue weighted by molar-refractivity contribution is 5.74. The van der Waals surface area contributed by atoms with Gasteiger partial charge < -0.3 is 24.6 Å². The number of rotatable bonds is 9. The topological polar surface area (TPSA) is 92.7 Å². The van der Waals surface area contributed by atoms with Crippen LogP contribution in [0.1, 0.15) is 77.3 Å². The number of nitrogens with one attached hydrogen (secondary N) is 1. The first-order chi connectivity index (χ1) is 22.1. The van der Waals surface area contributed by atoms with Gasteiger partial charge in [0.2, 0.25) is 0 Å². The average molecular weight is 629 g/mol. The molecule has 2 aliphatic heterocycles. The van der Waals surface area contributed by atoms with Crippen molar-refractivity contribution >= 4 is 11.9 Å². The van der Waals surface area contributed by atoms with Crippen molar-refractivity contribution in [3.05, 3.63) is 60.6 Å². The number of alkyl carbamates (subject to hydrolysis) is 1. The molecular formula is C36H45FN6O3. The van der Waals surface area contributed by atoms with Gasteiger partial charge in [0.15, 0.2) is 11.6 Å². The van der Waals surface area contributed by atoms with E-state index in [0.29, 0.717) is 28.4 Å². The second-order valence-corrected chi connectivity index (χ2v) is 14.9. The van der Waals surface area contributed by atoms with Gasteiger partial charge in [-0.1, -0.05) is 6.07 Å². The molecule has 0 radical (unpaired) electrons. The number of hydrogen-bond acceptors (Lipinski definition) is 8. The van der Waals surface area contributed by atoms with Crippen molar-refractivity contribution in [1.82, 2.24) is 25.2 Å². The number of likely N-dealkylation sites (tertiary alicyclic amines) is 1. The summed E-state index contributed by atoms with van der Waals surface area (Å²) >= 11 is 0. The summed E-state index contributed by atoms with van der Waals surface area (Å²) in [7, 11) is 0. The third-order valence-electron chi connectivity index (χ3n) is 9.80. The number of pyridine rings is 1. The maximum absolute atomic E-state index is 14.5. The van der Waals surface area contributed by atoms with Crippen molar-refractivity contribution in [3.8, 4) is 22.6 Å². The number of carbonyl (C=O) groups excluding carboxylic acids is 1. The van der Waals surface area contributed by atoms with Crippen molar-refractivity contribution in [2.75, 3.05) is 37.6 Å². The Hall–Kier alpha value is -3.79. The van der Waals surface area contributed by atoms with Crippen molar-refractivity contribution < 1.29 is 18.7 Å². The molecule has 0 atom stereocenters. The molecule has 2 aliphatic carbocycles. The lowest BCUT2D eigenvalue weighted by molar-refractivity contribution is -0.0258. The molecule has 1 N–H and O–H groups in total. The summed E-state index contributed by atoms with van der Waals surface area (Å²) < 4.78 is 26.4. The first-order valence-corrected chi connectivity index (χ1v) is 16.8. The zero-order valence-corrected chi connectivity index (χ0v) is 27.2. The van der Waals surface area contributed by atoms with E-state index in [1.165, 1.54) is 18.6 Å². The monoisotopic (exact) mass is 628 g/mol. The molecule has 3 aromatic rings. The van der Waals surface area contributed by atoms with Crippen LogP contribution in [0, 0.1) is 17.2 Å². The highest BCUT2D eigenvalue weighted by Crippen LogP contribution is 2.47. The molecule has 4 heterocycles. The minimum Gasteiger partial charge on any atom is -0.451 e. The molecular weight excluding hydrogens is 583 g/mol. The molecule has 1 amide bonds. The van der Waals surface area contributed by atoms with Gasteiger partial charge in [-0.15, -0.1) is 0 Å². The van der Waals surface area contributed by atoms with E-state index in [1.807, 2.05) is 32.9 Å². The van der Waals surface area contributed by atoms with Crippen molar-refractivity contribution in [2.45, 2.75) is 83.3 Å². The fraction of sp³-hybridized carbons (Fsp3) is 0.556. The van der Waals surface area contributed by atoms with Gasteiger partial charge in [0.05, 0.1) is 11.9 Å². The van der Waals surface area contributed by atoms with Gasteiger partial charge in [0, 0.05) is 60.9 Å². The van der Waals surface area contributed by atoms with E-state index in [1.54, 1.807) is 24.8 Å². The van der Waals surface area contributed by atoms with E-state index < -0.39 is 5.60 Å². The molecule has 46 heavy (non-hydrogen) atoms. The first-order valence-electron chi connectivity index (χ1n) is 16.8. The Morgan fingerprint density at radius 2 is 1.78 bits per heavy atom. The molecule has 7 rings (SSSR count). The van der Waals surface area contributed by atoms with Crippen LogP contribution in [0.4, 0.5) is 15.0 Å². The Morgan fingerprint density at radius 3 is 2.52 bits per heavy atom. The number of hydrogen-bond donors (Lipinski definition) is 1. The highest BCUT2D eigenvalue weighted by Gasteiger charge is 2.52. The summed E-state index contributed by atoms with van der Waals surface area (Å²) in [5.41, 5.74) is 2.46. The fourth-order valence-electron chi connectivity index (χ4n) is 7.48. The maximum atomic E-state index is 14.5. The molecule has 244 valence electrons. The first kappa shape index (κ1) is 30.8. The second kappa shape index (κ2) is 12.4. The van der Waals surface area contributed by atoms with Gasteiger partial charge in [-0.2, -0.15) is 0 Å². The van der Waals surface area contributed by atoms with Crippen LogP contribution < -0.4 is 15.0 Å². The molecule has 4 fully saturated rings. The molecule has 10 heteroatoms. The number of aromatic nitrogens is 3. The predicted molar refractivity (Wildman–Crippen MR) is 175 cm³/mol. The summed E-state index contributed by atoms with van der Waals surface area (Å²) in [6.07, 6.45) is 12.6. The lowest BCUT2D eigenvalue weighted by atomic mass is 9.72. The van der Waals surface area contributed by atoms with Gasteiger partial charge in [0.25, 0.3) is 0 Å². The third-order valence-corrected chi connectivity index (χ3v) is 9.80. The Kier molecular flexibility index (Phi) is 8.34. The van der Waals surface area contributed by atoms with Gasteiger partial charge in [-0.3, -0.25) is 4.98 Å². The molecule has 1 spiro atoms. The number of benzene rings is 1. The largest absolute Gasteiger partial charge is 0.451 e. The zero-order chi connectivity index (χ0) is 31.9. The lowest BCUT2D eigenvalue weighted by Crippen LogP contribution is -2.72. The van der Waals surface area contributed by atoms with Crippen molar-refractivity contribution in [3.63, 3.8) is 0 Å². The minimum atomic E-state index is -0.466. The van der Waals surface area contributed by atoms with Gasteiger partial charge in [-0.05, 0) is 102 Å². The second-order valence-electron chi connectivity index (χ2n) is 14.9. The Bertz CT molecular complexity index is 1550. The predicted octanol–water partition coefficient (Wildman–Crippen LogP) is 6.94. The molecule has 0 bridgehead atoms. The molecule has 4 aliphatic rings. The molecule has 2 saturated heterocycles. The lowest BCUT2D eigenvalue weighted by Gasteiger charge is -2.61. The van der Waals surface area contributed by atoms with Crippen LogP contribution in [-0.2, 0) is 4.74 Å². The number of anilines is 1. The number of ether oxygens (including phenoxy) is 2. The number of carbonyl (C=O) groups is 1. The van der Waals surface area contributed by atoms with Crippen LogP contribution in [0.15, 0.2) is 49.1 Å². The molecule has 9 nitrogen and oxygen atoms in total. The van der Waals surface area contributed by atoms with E-state index in [0.717, 1.165) is 94.2 Å². The SMILES string of the molecule is CC(C)(C)OC(=O)N[C@H]1CC[C@H](CCN2CC3(C2)CN(c2ncncc2Oc2ccc(F)cc2-c2cccnc2C2CC2)C3)CC1. The number of halogens is 1. The zero-order valence-electron chi connectivity index (χ0n) is 27.2. The standard InChI is InChI=1S/C36H45FN6O3/c1-35(2,3)46-34(44)41-27-11-6-24(7-12-27)14-16-42-19-36(20-42)21-43(22-36)33-31(18-38-23-40-33)45-30-13-10-26(37)17-29(30)28-5-4-15-39-32(28)25-8-9-25/h4-5,10,13,15,17-18,23-25,27H,6-9,11-12,14,16,19-22H2,1-3H3,(H,41,44)/t24-,27-. The van der Waals surface area contributed by atoms with Crippen LogP contribution in [0.5, 0.6) is 11.5 Å². The normalized spacial score (nSPS) is 22.6. The van der Waals surface area contributed by atoms with Gasteiger partial charge >= 0.3 is 6.09 Å². The number of amides is 1. The van der Waals surface area contributed by atoms with Crippen LogP contribution >= 0.6 is 0 Å². The Labute approximate surface area is 270 Å². The van der Waals surface area contributed by atoms with Crippen LogP contribution in [-0.4, -0.2) is 70.3 Å². The fourth-order valence-corrected chi connectivity index (χ4v) is 7.48. The summed E-state index contributed by atoms with van der Waals surface area (Å²) in [6, 6.07) is 8.78. The van der Waals surface area contributed by atoms with Gasteiger partial charge in [-0.25, -0.2) is 19.2 Å². The molecule has 2 aromatic heterocycles. The summed E-state index contributed by atoms with van der Waals surface area (Å²) in [5, 5.41) is 3.05. The minimum absolute atomic E-state index is 0.222. The number of nitrogens with zero attached hydrogens (tertiary/aromatic N) is 5. The highest BCUT2D eigenvalue weighted by atomic mass is 19.1. The van der Waals surface area contributed by atoms with Crippen molar-refractivity contribution in [1.29, 1.82) is 0 Å². The molecule has 1 aromatic carbocycles. The van der Waals surface area contributed by atoms with E-state index >= 15 is 0 Å². The van der Waals surface area contributed by atoms with E-state index in [2.05, 4.69) is 30.1 Å². The van der Waals surface area contributed by atoms with E-state index in [4.69, 9.17) is 9.47 Å². The van der Waals surface area contributed by atoms with Gasteiger partial charge in [0.1, 0.15) is 23.5 Å². The third kappa shape index (κ3) is 6.97. The van der Waals surface area contributed by atoms with Crippen LogP contribution in [0.2, 0.25) is 0 Å². The summed E-state index contributed by atoms with van der Waals surface area (Å²) in [4.78, 5) is 30.5. The Balaban J connectivity index is 0.906. The molecule has 2 saturated carbocycles. The summed E-state index contributed by atoms with van der Waals surface area (Å²) in [6.45, 7) is 10.9. The van der Waals surface area contributed by atoms with Crippen LogP contribution in [0.25, 0.3) is 11.1 Å². The Morgan fingerprint density at radius 1 is 1.00 bits per heavy atom. The van der Waals surface area contributed by atoms with Crippen molar-refractivity contribution in [2.24, 2.45) is 11.3 Å². The maximum Gasteiger partial charge on any atom is 0.407 e. The van der Waals surface area contributed by atoms with E-state index in [9.17, 15) is 9.18 Å². The molecule has 0 unspecified atom stereocenters. The smallest absolute Gasteiger partial charge is 0.407 e. The summed E-state index contributed by atoms with van der Waals surface area (Å²) in [5.74, 6) is 2.77. The van der Waals surface area contributed by atoms with Crippen LogP contribution in [0.3, 0.4) is 0 Å². The van der Waals surface area contributed by atoms with E-state index in [-0.39, 0.29) is 18.0 Å². The quantitative estimate of drug-likeness (QED) is 0.272. The average Bonchev–Trinajstić information content (AvgIpc) is 3.83.